The molecule has 2 amide bonds. The van der Waals surface area contributed by atoms with Gasteiger partial charge in [-0.3, -0.25) is 9.59 Å². The van der Waals surface area contributed by atoms with Gasteiger partial charge in [0.15, 0.2) is 0 Å². The second kappa shape index (κ2) is 5.84. The normalized spacial score (nSPS) is 15.0. The second-order valence-electron chi connectivity index (χ2n) is 4.53. The van der Waals surface area contributed by atoms with Gasteiger partial charge in [-0.1, -0.05) is 0 Å². The largest absolute Gasteiger partial charge is 0.353 e. The number of carbonyl (C=O) groups is 2. The van der Waals surface area contributed by atoms with E-state index in [1.807, 2.05) is 19.0 Å². The molecule has 0 aliphatic heterocycles. The average molecular weight is 227 g/mol. The van der Waals surface area contributed by atoms with Crippen LogP contribution in [0.5, 0.6) is 0 Å². The summed E-state index contributed by atoms with van der Waals surface area (Å²) >= 11 is 0. The van der Waals surface area contributed by atoms with E-state index in [0.717, 1.165) is 19.4 Å². The Morgan fingerprint density at radius 3 is 2.38 bits per heavy atom. The van der Waals surface area contributed by atoms with Crippen molar-refractivity contribution in [1.29, 1.82) is 0 Å². The van der Waals surface area contributed by atoms with E-state index >= 15 is 0 Å². The van der Waals surface area contributed by atoms with Crippen LogP contribution in [0, 0.1) is 0 Å². The fourth-order valence-electron chi connectivity index (χ4n) is 1.51. The summed E-state index contributed by atoms with van der Waals surface area (Å²) in [6, 6.07) is 0.303. The minimum atomic E-state index is -0.0658. The zero-order chi connectivity index (χ0) is 12.1. The number of amides is 2. The van der Waals surface area contributed by atoms with Crippen molar-refractivity contribution in [3.05, 3.63) is 0 Å². The molecule has 92 valence electrons. The molecule has 1 fully saturated rings. The van der Waals surface area contributed by atoms with Gasteiger partial charge in [0.05, 0.1) is 6.54 Å². The van der Waals surface area contributed by atoms with Crippen molar-refractivity contribution >= 4 is 11.8 Å². The summed E-state index contributed by atoms with van der Waals surface area (Å²) in [5.74, 6) is -0.0748. The number of nitrogens with one attached hydrogen (secondary N) is 1. The van der Waals surface area contributed by atoms with Gasteiger partial charge in [0, 0.05) is 26.1 Å². The van der Waals surface area contributed by atoms with Crippen LogP contribution in [0.3, 0.4) is 0 Å². The highest BCUT2D eigenvalue weighted by molar-refractivity contribution is 5.84. The zero-order valence-electron chi connectivity index (χ0n) is 10.3. The van der Waals surface area contributed by atoms with Gasteiger partial charge in [-0.2, -0.15) is 0 Å². The van der Waals surface area contributed by atoms with Crippen LogP contribution in [0.2, 0.25) is 0 Å². The maximum Gasteiger partial charge on any atom is 0.239 e. The molecule has 0 saturated heterocycles. The van der Waals surface area contributed by atoms with Gasteiger partial charge in [-0.25, -0.2) is 0 Å². The predicted octanol–water partition coefficient (Wildman–Crippen LogP) is -0.325. The Balaban J connectivity index is 2.23. The number of carbonyl (C=O) groups excluding carboxylic acids is 2. The van der Waals surface area contributed by atoms with Gasteiger partial charge in [-0.15, -0.1) is 0 Å². The first-order valence-corrected chi connectivity index (χ1v) is 5.69. The lowest BCUT2D eigenvalue weighted by atomic mass is 10.4. The Morgan fingerprint density at radius 2 is 1.94 bits per heavy atom. The third kappa shape index (κ3) is 4.61. The van der Waals surface area contributed by atoms with Gasteiger partial charge in [0.2, 0.25) is 11.8 Å². The van der Waals surface area contributed by atoms with Crippen molar-refractivity contribution in [2.75, 3.05) is 33.7 Å². The van der Waals surface area contributed by atoms with Crippen molar-refractivity contribution in [2.45, 2.75) is 25.8 Å². The Morgan fingerprint density at radius 1 is 1.31 bits per heavy atom. The van der Waals surface area contributed by atoms with Gasteiger partial charge in [0.25, 0.3) is 0 Å². The molecular formula is C11H21N3O2. The van der Waals surface area contributed by atoms with Gasteiger partial charge in [0.1, 0.15) is 0 Å². The van der Waals surface area contributed by atoms with Crippen molar-refractivity contribution in [3.63, 3.8) is 0 Å². The number of nitrogens with zero attached hydrogens (tertiary/aromatic N) is 2. The smallest absolute Gasteiger partial charge is 0.239 e. The van der Waals surface area contributed by atoms with E-state index in [1.54, 1.807) is 4.90 Å². The number of hydrogen-bond acceptors (Lipinski definition) is 3. The molecule has 0 aromatic heterocycles. The standard InChI is InChI=1S/C11H21N3O2/c1-9(15)14(10-4-5-10)8-11(16)12-6-7-13(2)3/h10H,4-8H2,1-3H3,(H,12,16). The highest BCUT2D eigenvalue weighted by Crippen LogP contribution is 2.26. The summed E-state index contributed by atoms with van der Waals surface area (Å²) in [5.41, 5.74) is 0. The minimum absolute atomic E-state index is 0.00902. The summed E-state index contributed by atoms with van der Waals surface area (Å²) in [7, 11) is 3.91. The van der Waals surface area contributed by atoms with Crippen LogP contribution in [0.15, 0.2) is 0 Å². The Kier molecular flexibility index (Phi) is 4.73. The summed E-state index contributed by atoms with van der Waals surface area (Å²) in [4.78, 5) is 26.5. The van der Waals surface area contributed by atoms with E-state index in [4.69, 9.17) is 0 Å². The van der Waals surface area contributed by atoms with Crippen molar-refractivity contribution in [2.24, 2.45) is 0 Å². The molecule has 0 aromatic rings. The molecule has 1 N–H and O–H groups in total. The SMILES string of the molecule is CC(=O)N(CC(=O)NCCN(C)C)C1CC1. The molecule has 1 rings (SSSR count). The summed E-state index contributed by atoms with van der Waals surface area (Å²) in [6.07, 6.45) is 2.06. The first kappa shape index (κ1) is 13.0. The Labute approximate surface area is 96.8 Å². The van der Waals surface area contributed by atoms with E-state index in [0.29, 0.717) is 12.6 Å². The third-order valence-electron chi connectivity index (χ3n) is 2.59. The maximum atomic E-state index is 11.5. The van der Waals surface area contributed by atoms with Gasteiger partial charge < -0.3 is 15.1 Å². The Hall–Kier alpha value is -1.10. The molecule has 0 heterocycles. The molecule has 0 bridgehead atoms. The molecule has 0 spiro atoms. The van der Waals surface area contributed by atoms with Crippen molar-refractivity contribution in [3.8, 4) is 0 Å². The quantitative estimate of drug-likeness (QED) is 0.676. The molecule has 0 radical (unpaired) electrons. The monoisotopic (exact) mass is 227 g/mol. The minimum Gasteiger partial charge on any atom is -0.353 e. The van der Waals surface area contributed by atoms with Crippen LogP contribution in [0.4, 0.5) is 0 Å². The van der Waals surface area contributed by atoms with Crippen LogP contribution in [0.1, 0.15) is 19.8 Å². The summed E-state index contributed by atoms with van der Waals surface area (Å²) < 4.78 is 0. The molecule has 0 unspecified atom stereocenters. The molecule has 16 heavy (non-hydrogen) atoms. The maximum absolute atomic E-state index is 11.5. The summed E-state index contributed by atoms with van der Waals surface area (Å²) in [5, 5.41) is 2.81. The molecule has 5 nitrogen and oxygen atoms in total. The topological polar surface area (TPSA) is 52.7 Å². The lowest BCUT2D eigenvalue weighted by molar-refractivity contribution is -0.134. The Bertz CT molecular complexity index is 262. The van der Waals surface area contributed by atoms with E-state index in [2.05, 4.69) is 5.32 Å². The first-order valence-electron chi connectivity index (χ1n) is 5.69. The molecular weight excluding hydrogens is 206 g/mol. The van der Waals surface area contributed by atoms with Crippen molar-refractivity contribution < 1.29 is 9.59 Å². The van der Waals surface area contributed by atoms with Crippen molar-refractivity contribution in [1.82, 2.24) is 15.1 Å². The van der Waals surface area contributed by atoms with E-state index in [9.17, 15) is 9.59 Å². The molecule has 0 atom stereocenters. The van der Waals surface area contributed by atoms with Crippen LogP contribution < -0.4 is 5.32 Å². The highest BCUT2D eigenvalue weighted by Gasteiger charge is 2.31. The van der Waals surface area contributed by atoms with Crippen LogP contribution in [0.25, 0.3) is 0 Å². The molecule has 1 aliphatic carbocycles. The lowest BCUT2D eigenvalue weighted by Crippen LogP contribution is -2.42. The van der Waals surface area contributed by atoms with Gasteiger partial charge in [-0.05, 0) is 26.9 Å². The van der Waals surface area contributed by atoms with Crippen LogP contribution in [-0.2, 0) is 9.59 Å². The van der Waals surface area contributed by atoms with Gasteiger partial charge >= 0.3 is 0 Å². The number of rotatable bonds is 6. The average Bonchev–Trinajstić information content (AvgIpc) is 2.96. The number of likely N-dealkylation sites (N-methyl/N-ethyl adjacent to an activating group) is 1. The van der Waals surface area contributed by atoms with Crippen LogP contribution in [-0.4, -0.2) is 61.4 Å². The third-order valence-corrected chi connectivity index (χ3v) is 2.59. The van der Waals surface area contributed by atoms with E-state index in [1.165, 1.54) is 6.92 Å². The second-order valence-corrected chi connectivity index (χ2v) is 4.53. The van der Waals surface area contributed by atoms with Crippen LogP contribution >= 0.6 is 0 Å². The molecule has 1 aliphatic rings. The first-order chi connectivity index (χ1) is 7.50. The molecule has 1 saturated carbocycles. The molecule has 5 heteroatoms. The fourth-order valence-corrected chi connectivity index (χ4v) is 1.51. The number of hydrogen-bond donors (Lipinski definition) is 1. The highest BCUT2D eigenvalue weighted by atomic mass is 16.2. The fraction of sp³-hybridized carbons (Fsp3) is 0.818. The summed E-state index contributed by atoms with van der Waals surface area (Å²) in [6.45, 7) is 3.16. The zero-order valence-corrected chi connectivity index (χ0v) is 10.3. The predicted molar refractivity (Wildman–Crippen MR) is 62.0 cm³/mol. The lowest BCUT2D eigenvalue weighted by Gasteiger charge is -2.20. The van der Waals surface area contributed by atoms with E-state index in [-0.39, 0.29) is 18.4 Å². The van der Waals surface area contributed by atoms with E-state index < -0.39 is 0 Å². The molecule has 0 aromatic carbocycles.